The second-order valence-corrected chi connectivity index (χ2v) is 7.01. The van der Waals surface area contributed by atoms with Gasteiger partial charge in [-0.05, 0) is 38.0 Å². The Kier molecular flexibility index (Phi) is 4.74. The maximum Gasteiger partial charge on any atom is 0.180 e. The lowest BCUT2D eigenvalue weighted by molar-refractivity contribution is 0.478. The van der Waals surface area contributed by atoms with Gasteiger partial charge in [-0.15, -0.1) is 0 Å². The molecule has 1 aromatic carbocycles. The van der Waals surface area contributed by atoms with Crippen LogP contribution in [0.1, 0.15) is 19.4 Å². The van der Waals surface area contributed by atoms with Gasteiger partial charge in [-0.1, -0.05) is 12.1 Å². The molecule has 5 heteroatoms. The second kappa shape index (κ2) is 5.87. The molecule has 0 heterocycles. The van der Waals surface area contributed by atoms with Gasteiger partial charge in [0, 0.05) is 13.6 Å². The Morgan fingerprint density at radius 3 is 2.28 bits per heavy atom. The first kappa shape index (κ1) is 14.5. The average Bonchev–Trinajstić information content (AvgIpc) is 2.36. The van der Waals surface area contributed by atoms with Gasteiger partial charge in [-0.2, -0.15) is 5.26 Å². The highest BCUT2D eigenvalue weighted by Crippen LogP contribution is 2.16. The highest BCUT2D eigenvalue weighted by molar-refractivity contribution is 7.92. The summed E-state index contributed by atoms with van der Waals surface area (Å²) in [6.45, 7) is 3.98. The summed E-state index contributed by atoms with van der Waals surface area (Å²) in [5.41, 5.74) is 1.03. The highest BCUT2D eigenvalue weighted by Gasteiger charge is 2.18. The molecule has 0 bridgehead atoms. The van der Waals surface area contributed by atoms with Crippen molar-refractivity contribution >= 4 is 9.84 Å². The van der Waals surface area contributed by atoms with E-state index in [2.05, 4.69) is 0 Å². The monoisotopic (exact) mass is 266 g/mol. The summed E-state index contributed by atoms with van der Waals surface area (Å²) in [7, 11) is -1.47. The maximum absolute atomic E-state index is 11.9. The molecule has 0 N–H and O–H groups in total. The lowest BCUT2D eigenvalue weighted by atomic mass is 10.1. The molecule has 18 heavy (non-hydrogen) atoms. The number of sulfone groups is 1. The molecule has 0 atom stereocenters. The van der Waals surface area contributed by atoms with Crippen LogP contribution in [0, 0.1) is 11.5 Å². The van der Waals surface area contributed by atoms with E-state index in [1.807, 2.05) is 6.19 Å². The van der Waals surface area contributed by atoms with E-state index >= 15 is 0 Å². The Morgan fingerprint density at radius 2 is 1.83 bits per heavy atom. The summed E-state index contributed by atoms with van der Waals surface area (Å²) in [6, 6.07) is 6.88. The zero-order valence-electron chi connectivity index (χ0n) is 10.9. The fraction of sp³-hybridized carbons (Fsp3) is 0.462. The van der Waals surface area contributed by atoms with Crippen LogP contribution in [0.25, 0.3) is 0 Å². The van der Waals surface area contributed by atoms with Crippen molar-refractivity contribution in [2.45, 2.75) is 30.4 Å². The number of hydrogen-bond donors (Lipinski definition) is 0. The summed E-state index contributed by atoms with van der Waals surface area (Å²) in [4.78, 5) is 1.90. The van der Waals surface area contributed by atoms with Crippen molar-refractivity contribution < 1.29 is 8.42 Å². The van der Waals surface area contributed by atoms with E-state index in [0.29, 0.717) is 11.4 Å². The standard InChI is InChI=1S/C13H18N2O2S/c1-11(2)18(16,17)13-6-4-12(5-7-13)8-9-15(3)10-14/h4-7,11H,8-9H2,1-3H3. The van der Waals surface area contributed by atoms with E-state index < -0.39 is 15.1 Å². The Bertz CT molecular complexity index is 527. The van der Waals surface area contributed by atoms with Crippen LogP contribution in [0.3, 0.4) is 0 Å². The van der Waals surface area contributed by atoms with Gasteiger partial charge in [0.25, 0.3) is 0 Å². The molecule has 1 aromatic rings. The lowest BCUT2D eigenvalue weighted by Gasteiger charge is -2.10. The van der Waals surface area contributed by atoms with E-state index in [-0.39, 0.29) is 0 Å². The van der Waals surface area contributed by atoms with Gasteiger partial charge in [0.2, 0.25) is 0 Å². The third-order valence-electron chi connectivity index (χ3n) is 2.78. The summed E-state index contributed by atoms with van der Waals surface area (Å²) in [5, 5.41) is 8.21. The van der Waals surface area contributed by atoms with Crippen LogP contribution in [-0.2, 0) is 16.3 Å². The van der Waals surface area contributed by atoms with Crippen LogP contribution in [0.15, 0.2) is 29.2 Å². The lowest BCUT2D eigenvalue weighted by Crippen LogP contribution is -2.15. The number of rotatable bonds is 5. The first-order valence-electron chi connectivity index (χ1n) is 5.81. The normalized spacial score (nSPS) is 11.3. The van der Waals surface area contributed by atoms with E-state index in [1.54, 1.807) is 50.1 Å². The number of likely N-dealkylation sites (N-methyl/N-ethyl adjacent to an activating group) is 1. The predicted octanol–water partition coefficient (Wildman–Crippen LogP) is 1.82. The number of nitriles is 1. The summed E-state index contributed by atoms with van der Waals surface area (Å²) >= 11 is 0. The molecule has 0 amide bonds. The van der Waals surface area contributed by atoms with E-state index in [9.17, 15) is 8.42 Å². The predicted molar refractivity (Wildman–Crippen MR) is 70.7 cm³/mol. The van der Waals surface area contributed by atoms with E-state index in [0.717, 1.165) is 12.0 Å². The number of hydrogen-bond acceptors (Lipinski definition) is 4. The average molecular weight is 266 g/mol. The van der Waals surface area contributed by atoms with Crippen molar-refractivity contribution in [1.29, 1.82) is 5.26 Å². The van der Waals surface area contributed by atoms with E-state index in [4.69, 9.17) is 5.26 Å². The van der Waals surface area contributed by atoms with Gasteiger partial charge in [0.1, 0.15) is 0 Å². The molecule has 0 fully saturated rings. The Hall–Kier alpha value is -1.54. The zero-order valence-corrected chi connectivity index (χ0v) is 11.7. The number of benzene rings is 1. The van der Waals surface area contributed by atoms with Gasteiger partial charge in [0.15, 0.2) is 16.0 Å². The molecular formula is C13H18N2O2S. The van der Waals surface area contributed by atoms with Crippen LogP contribution in [0.5, 0.6) is 0 Å². The third kappa shape index (κ3) is 3.47. The first-order valence-corrected chi connectivity index (χ1v) is 7.36. The fourth-order valence-electron chi connectivity index (χ4n) is 1.46. The second-order valence-electron chi connectivity index (χ2n) is 4.51. The largest absolute Gasteiger partial charge is 0.313 e. The smallest absolute Gasteiger partial charge is 0.180 e. The minimum Gasteiger partial charge on any atom is -0.313 e. The Labute approximate surface area is 109 Å². The minimum absolute atomic E-state index is 0.356. The highest BCUT2D eigenvalue weighted by atomic mass is 32.2. The summed E-state index contributed by atoms with van der Waals surface area (Å²) in [5.74, 6) is 0. The molecule has 0 spiro atoms. The van der Waals surface area contributed by atoms with Gasteiger partial charge >= 0.3 is 0 Å². The van der Waals surface area contributed by atoms with Gasteiger partial charge in [0.05, 0.1) is 10.1 Å². The molecule has 1 rings (SSSR count). The van der Waals surface area contributed by atoms with Gasteiger partial charge in [-0.25, -0.2) is 8.42 Å². The van der Waals surface area contributed by atoms with Crippen molar-refractivity contribution in [3.8, 4) is 6.19 Å². The van der Waals surface area contributed by atoms with Crippen molar-refractivity contribution in [2.75, 3.05) is 13.6 Å². The van der Waals surface area contributed by atoms with Crippen LogP contribution in [0.2, 0.25) is 0 Å². The minimum atomic E-state index is -3.19. The molecule has 0 aliphatic rings. The Balaban J connectivity index is 2.79. The maximum atomic E-state index is 11.9. The van der Waals surface area contributed by atoms with Gasteiger partial charge in [-0.3, -0.25) is 0 Å². The van der Waals surface area contributed by atoms with Crippen LogP contribution < -0.4 is 0 Å². The molecule has 98 valence electrons. The molecule has 4 nitrogen and oxygen atoms in total. The summed E-state index contributed by atoms with van der Waals surface area (Å²) in [6.07, 6.45) is 2.75. The molecule has 0 saturated carbocycles. The van der Waals surface area contributed by atoms with Crippen LogP contribution >= 0.6 is 0 Å². The van der Waals surface area contributed by atoms with Crippen molar-refractivity contribution in [1.82, 2.24) is 4.90 Å². The zero-order chi connectivity index (χ0) is 13.8. The molecular weight excluding hydrogens is 248 g/mol. The topological polar surface area (TPSA) is 61.2 Å². The van der Waals surface area contributed by atoms with E-state index in [1.165, 1.54) is 0 Å². The van der Waals surface area contributed by atoms with Crippen molar-refractivity contribution in [3.05, 3.63) is 29.8 Å². The van der Waals surface area contributed by atoms with Crippen LogP contribution in [0.4, 0.5) is 0 Å². The van der Waals surface area contributed by atoms with Crippen molar-refractivity contribution in [3.63, 3.8) is 0 Å². The summed E-state index contributed by atoms with van der Waals surface area (Å²) < 4.78 is 23.8. The fourth-order valence-corrected chi connectivity index (χ4v) is 2.52. The SMILES string of the molecule is CC(C)S(=O)(=O)c1ccc(CCN(C)C#N)cc1. The number of nitrogens with zero attached hydrogens (tertiary/aromatic N) is 2. The molecule has 0 saturated heterocycles. The molecule has 0 unspecified atom stereocenters. The quantitative estimate of drug-likeness (QED) is 0.602. The van der Waals surface area contributed by atoms with Gasteiger partial charge < -0.3 is 4.90 Å². The van der Waals surface area contributed by atoms with Crippen LogP contribution in [-0.4, -0.2) is 32.2 Å². The molecule has 0 radical (unpaired) electrons. The molecule has 0 aliphatic heterocycles. The van der Waals surface area contributed by atoms with Crippen molar-refractivity contribution in [2.24, 2.45) is 0 Å². The molecule has 0 aromatic heterocycles. The Morgan fingerprint density at radius 1 is 1.28 bits per heavy atom. The first-order chi connectivity index (χ1) is 8.37. The third-order valence-corrected chi connectivity index (χ3v) is 4.95. The molecule has 0 aliphatic carbocycles.